The van der Waals surface area contributed by atoms with E-state index >= 15 is 0 Å². The van der Waals surface area contributed by atoms with Gasteiger partial charge in [0.05, 0.1) is 13.2 Å². The van der Waals surface area contributed by atoms with Crippen LogP contribution in [0.1, 0.15) is 43.7 Å². The molecule has 8 nitrogen and oxygen atoms in total. The topological polar surface area (TPSA) is 85.0 Å². The molecule has 8 heteroatoms. The van der Waals surface area contributed by atoms with Crippen molar-refractivity contribution in [2.45, 2.75) is 44.6 Å². The number of amides is 4. The van der Waals surface area contributed by atoms with Gasteiger partial charge in [-0.1, -0.05) is 31.2 Å². The van der Waals surface area contributed by atoms with Crippen LogP contribution in [-0.2, 0) is 21.5 Å². The van der Waals surface area contributed by atoms with E-state index in [0.29, 0.717) is 26.2 Å². The molecule has 2 fully saturated rings. The Morgan fingerprint density at radius 2 is 1.84 bits per heavy atom. The van der Waals surface area contributed by atoms with Crippen molar-refractivity contribution in [1.29, 1.82) is 0 Å². The van der Waals surface area contributed by atoms with Gasteiger partial charge in [0.2, 0.25) is 5.91 Å². The Morgan fingerprint density at radius 3 is 2.61 bits per heavy atom. The number of piperazine rings is 1. The van der Waals surface area contributed by atoms with Crippen molar-refractivity contribution in [3.63, 3.8) is 0 Å². The number of fused-ring (bicyclic) bond motifs is 2. The number of carbonyl (C=O) groups is 3. The second kappa shape index (κ2) is 9.36. The third kappa shape index (κ3) is 4.45. The lowest BCUT2D eigenvalue weighted by molar-refractivity contribution is -0.133. The molecule has 0 radical (unpaired) electrons. The van der Waals surface area contributed by atoms with Crippen LogP contribution in [0.2, 0.25) is 0 Å². The summed E-state index contributed by atoms with van der Waals surface area (Å²) in [4.78, 5) is 44.0. The van der Waals surface area contributed by atoms with Crippen LogP contribution in [-0.4, -0.2) is 78.5 Å². The molecule has 2 aliphatic heterocycles. The van der Waals surface area contributed by atoms with Gasteiger partial charge in [-0.2, -0.15) is 0 Å². The fourth-order valence-corrected chi connectivity index (χ4v) is 4.91. The van der Waals surface area contributed by atoms with E-state index in [9.17, 15) is 14.4 Å². The zero-order valence-electron chi connectivity index (χ0n) is 18.4. The molecule has 3 aliphatic rings. The summed E-state index contributed by atoms with van der Waals surface area (Å²) in [5, 5.41) is 5.96. The molecule has 4 amide bonds. The monoisotopic (exact) mass is 427 g/mol. The van der Waals surface area contributed by atoms with Crippen molar-refractivity contribution in [2.24, 2.45) is 0 Å². The molecule has 2 N–H and O–H groups in total. The maximum atomic E-state index is 13.5. The van der Waals surface area contributed by atoms with E-state index < -0.39 is 5.54 Å². The number of hydrogen-bond donors (Lipinski definition) is 2. The summed E-state index contributed by atoms with van der Waals surface area (Å²) in [6.45, 7) is 6.38. The maximum absolute atomic E-state index is 13.5. The number of imide groups is 1. The number of rotatable bonds is 6. The predicted octanol–water partition coefficient (Wildman–Crippen LogP) is 1.26. The van der Waals surface area contributed by atoms with Gasteiger partial charge in [0, 0.05) is 32.7 Å². The Kier molecular flexibility index (Phi) is 6.57. The summed E-state index contributed by atoms with van der Waals surface area (Å²) >= 11 is 0. The van der Waals surface area contributed by atoms with E-state index in [1.807, 2.05) is 25.1 Å². The highest BCUT2D eigenvalue weighted by molar-refractivity contribution is 6.07. The molecular weight excluding hydrogens is 394 g/mol. The standard InChI is InChI=1S/C23H33N5O3/c1-2-11-24-20(29)16-26-12-14-27(15-13-26)17-28-21(30)23(25-22(28)31)10-6-5-8-18-7-3-4-9-19(18)23/h3-4,7,9H,2,5-6,8,10-17H2,1H3,(H,24,29)(H,25,31). The van der Waals surface area contributed by atoms with E-state index in [1.165, 1.54) is 4.90 Å². The van der Waals surface area contributed by atoms with Crippen molar-refractivity contribution in [1.82, 2.24) is 25.3 Å². The molecule has 0 aromatic heterocycles. The molecule has 2 saturated heterocycles. The average molecular weight is 428 g/mol. The molecule has 1 aromatic carbocycles. The van der Waals surface area contributed by atoms with Crippen LogP contribution < -0.4 is 10.6 Å². The minimum atomic E-state index is -0.927. The number of aryl methyl sites for hydroxylation is 1. The van der Waals surface area contributed by atoms with Crippen LogP contribution in [0.25, 0.3) is 0 Å². The number of benzene rings is 1. The van der Waals surface area contributed by atoms with Gasteiger partial charge in [0.15, 0.2) is 0 Å². The molecule has 2 heterocycles. The first kappa shape index (κ1) is 21.8. The van der Waals surface area contributed by atoms with Crippen LogP contribution in [0.3, 0.4) is 0 Å². The molecule has 0 bridgehead atoms. The molecular formula is C23H33N5O3. The summed E-state index contributed by atoms with van der Waals surface area (Å²) in [5.41, 5.74) is 1.19. The molecule has 1 aromatic rings. The first-order valence-electron chi connectivity index (χ1n) is 11.5. The first-order chi connectivity index (χ1) is 15.0. The van der Waals surface area contributed by atoms with E-state index in [2.05, 4.69) is 26.5 Å². The number of carbonyl (C=O) groups excluding carboxylic acids is 3. The lowest BCUT2D eigenvalue weighted by Gasteiger charge is -2.35. The van der Waals surface area contributed by atoms with Gasteiger partial charge in [-0.25, -0.2) is 9.69 Å². The highest BCUT2D eigenvalue weighted by Crippen LogP contribution is 2.39. The molecule has 168 valence electrons. The van der Waals surface area contributed by atoms with Crippen molar-refractivity contribution in [3.05, 3.63) is 35.4 Å². The summed E-state index contributed by atoms with van der Waals surface area (Å²) in [7, 11) is 0. The quantitative estimate of drug-likeness (QED) is 0.668. The van der Waals surface area contributed by atoms with Crippen molar-refractivity contribution in [2.75, 3.05) is 45.9 Å². The third-order valence-electron chi connectivity index (χ3n) is 6.65. The Hall–Kier alpha value is -2.45. The summed E-state index contributed by atoms with van der Waals surface area (Å²) in [5.74, 6) is -0.0772. The van der Waals surface area contributed by atoms with Crippen molar-refractivity contribution in [3.8, 4) is 0 Å². The largest absolute Gasteiger partial charge is 0.355 e. The van der Waals surface area contributed by atoms with Crippen LogP contribution in [0.5, 0.6) is 0 Å². The molecule has 31 heavy (non-hydrogen) atoms. The first-order valence-corrected chi connectivity index (χ1v) is 11.5. The Morgan fingerprint density at radius 1 is 1.10 bits per heavy atom. The molecule has 4 rings (SSSR count). The molecule has 1 spiro atoms. The van der Waals surface area contributed by atoms with Crippen molar-refractivity contribution >= 4 is 17.8 Å². The molecule has 0 saturated carbocycles. The second-order valence-corrected chi connectivity index (χ2v) is 8.82. The highest BCUT2D eigenvalue weighted by atomic mass is 16.2. The molecule has 1 atom stereocenters. The molecule has 1 aliphatic carbocycles. The zero-order valence-corrected chi connectivity index (χ0v) is 18.4. The van der Waals surface area contributed by atoms with Crippen molar-refractivity contribution < 1.29 is 14.4 Å². The maximum Gasteiger partial charge on any atom is 0.326 e. The van der Waals surface area contributed by atoms with Gasteiger partial charge in [0.1, 0.15) is 5.54 Å². The SMILES string of the molecule is CCCNC(=O)CN1CCN(CN2C(=O)NC3(CCCCc4ccccc43)C2=O)CC1. The minimum absolute atomic E-state index is 0.0540. The van der Waals surface area contributed by atoms with E-state index in [1.54, 1.807) is 0 Å². The Labute approximate surface area is 183 Å². The van der Waals surface area contributed by atoms with Crippen LogP contribution in [0, 0.1) is 0 Å². The van der Waals surface area contributed by atoms with Gasteiger partial charge < -0.3 is 10.6 Å². The third-order valence-corrected chi connectivity index (χ3v) is 6.65. The van der Waals surface area contributed by atoms with Gasteiger partial charge in [-0.05, 0) is 43.2 Å². The van der Waals surface area contributed by atoms with Crippen LogP contribution >= 0.6 is 0 Å². The highest BCUT2D eigenvalue weighted by Gasteiger charge is 2.53. The lowest BCUT2D eigenvalue weighted by atomic mass is 9.84. The second-order valence-electron chi connectivity index (χ2n) is 8.82. The summed E-state index contributed by atoms with van der Waals surface area (Å²) < 4.78 is 0. The summed E-state index contributed by atoms with van der Waals surface area (Å²) in [6.07, 6.45) is 4.45. The summed E-state index contributed by atoms with van der Waals surface area (Å²) in [6, 6.07) is 7.71. The van der Waals surface area contributed by atoms with E-state index in [4.69, 9.17) is 0 Å². The normalized spacial score (nSPS) is 24.7. The number of nitrogens with one attached hydrogen (secondary N) is 2. The predicted molar refractivity (Wildman–Crippen MR) is 117 cm³/mol. The van der Waals surface area contributed by atoms with Gasteiger partial charge in [0.25, 0.3) is 5.91 Å². The fraction of sp³-hybridized carbons (Fsp3) is 0.609. The smallest absolute Gasteiger partial charge is 0.326 e. The Bertz CT molecular complexity index is 836. The van der Waals surface area contributed by atoms with E-state index in [-0.39, 0.29) is 17.8 Å². The van der Waals surface area contributed by atoms with Crippen LogP contribution in [0.15, 0.2) is 24.3 Å². The lowest BCUT2D eigenvalue weighted by Crippen LogP contribution is -2.53. The fourth-order valence-electron chi connectivity index (χ4n) is 4.91. The minimum Gasteiger partial charge on any atom is -0.355 e. The average Bonchev–Trinajstić information content (AvgIpc) is 2.91. The van der Waals surface area contributed by atoms with Gasteiger partial charge in [-0.15, -0.1) is 0 Å². The van der Waals surface area contributed by atoms with Gasteiger partial charge >= 0.3 is 6.03 Å². The number of urea groups is 1. The van der Waals surface area contributed by atoms with E-state index in [0.717, 1.165) is 63.0 Å². The number of hydrogen-bond acceptors (Lipinski definition) is 5. The zero-order chi connectivity index (χ0) is 21.8. The van der Waals surface area contributed by atoms with Gasteiger partial charge in [-0.3, -0.25) is 19.4 Å². The number of nitrogens with zero attached hydrogens (tertiary/aromatic N) is 3. The van der Waals surface area contributed by atoms with Crippen LogP contribution in [0.4, 0.5) is 4.79 Å². The Balaban J connectivity index is 1.38. The molecule has 1 unspecified atom stereocenters.